The summed E-state index contributed by atoms with van der Waals surface area (Å²) in [6.07, 6.45) is 1.32. The van der Waals surface area contributed by atoms with Crippen LogP contribution in [0, 0.1) is 0 Å². The zero-order chi connectivity index (χ0) is 13.1. The lowest BCUT2D eigenvalue weighted by Crippen LogP contribution is -3.29. The summed E-state index contributed by atoms with van der Waals surface area (Å²) in [5, 5.41) is 2.49. The molecule has 0 aliphatic carbocycles. The number of hydrogen-bond donors (Lipinski definition) is 3. The number of nitrogens with one attached hydrogen (secondary N) is 2. The molecule has 0 radical (unpaired) electrons. The quantitative estimate of drug-likeness (QED) is 0.562. The van der Waals surface area contributed by atoms with E-state index >= 15 is 0 Å². The topological polar surface area (TPSA) is 25.5 Å². The highest BCUT2D eigenvalue weighted by Crippen LogP contribution is 2.16. The van der Waals surface area contributed by atoms with E-state index < -0.39 is 0 Å². The molecule has 1 saturated heterocycles. The first-order valence-electron chi connectivity index (χ1n) is 7.96. The summed E-state index contributed by atoms with van der Waals surface area (Å²) in [4.78, 5) is 3.64. The summed E-state index contributed by atoms with van der Waals surface area (Å²) in [5.41, 5.74) is 3.19. The molecule has 104 valence electrons. The summed E-state index contributed by atoms with van der Waals surface area (Å²) in [6.45, 7) is 11.5. The maximum absolute atomic E-state index is 2.49. The SMILES string of the molecule is CCC[NH+]1CC[NH+]([C@H]2C[NH2+]Cc3ccccc32)CC1. The van der Waals surface area contributed by atoms with E-state index in [1.165, 1.54) is 52.2 Å². The van der Waals surface area contributed by atoms with Crippen LogP contribution in [0.15, 0.2) is 24.3 Å². The van der Waals surface area contributed by atoms with Crippen LogP contribution in [0.3, 0.4) is 0 Å². The number of hydrogen-bond acceptors (Lipinski definition) is 0. The van der Waals surface area contributed by atoms with E-state index in [4.69, 9.17) is 0 Å². The minimum atomic E-state index is 0.730. The minimum Gasteiger partial charge on any atom is -0.337 e. The van der Waals surface area contributed by atoms with Crippen molar-refractivity contribution in [1.29, 1.82) is 0 Å². The van der Waals surface area contributed by atoms with Gasteiger partial charge in [-0.25, -0.2) is 0 Å². The number of quaternary nitrogens is 3. The molecule has 0 saturated carbocycles. The van der Waals surface area contributed by atoms with Gasteiger partial charge in [-0.05, 0) is 6.42 Å². The van der Waals surface area contributed by atoms with Gasteiger partial charge in [0.05, 0.1) is 6.54 Å². The fraction of sp³-hybridized carbons (Fsp3) is 0.625. The van der Waals surface area contributed by atoms with Crippen LogP contribution in [0.2, 0.25) is 0 Å². The van der Waals surface area contributed by atoms with E-state index in [1.54, 1.807) is 11.1 Å². The van der Waals surface area contributed by atoms with E-state index in [0.717, 1.165) is 6.04 Å². The molecule has 0 bridgehead atoms. The van der Waals surface area contributed by atoms with E-state index in [0.29, 0.717) is 0 Å². The molecule has 1 aromatic rings. The lowest BCUT2D eigenvalue weighted by molar-refractivity contribution is -1.03. The van der Waals surface area contributed by atoms with E-state index in [1.807, 2.05) is 9.80 Å². The third-order valence-electron chi connectivity index (χ3n) is 4.89. The Morgan fingerprint density at radius 2 is 1.95 bits per heavy atom. The first-order chi connectivity index (χ1) is 9.38. The van der Waals surface area contributed by atoms with Gasteiger partial charge in [0, 0.05) is 11.1 Å². The predicted molar refractivity (Wildman–Crippen MR) is 76.2 cm³/mol. The first-order valence-corrected chi connectivity index (χ1v) is 7.96. The molecule has 0 spiro atoms. The van der Waals surface area contributed by atoms with Crippen LogP contribution in [-0.2, 0) is 6.54 Å². The van der Waals surface area contributed by atoms with Gasteiger partial charge in [0.1, 0.15) is 39.3 Å². The Hall–Kier alpha value is -0.900. The lowest BCUT2D eigenvalue weighted by Gasteiger charge is -2.36. The minimum absolute atomic E-state index is 0.730. The molecule has 0 amide bonds. The highest BCUT2D eigenvalue weighted by Gasteiger charge is 2.34. The molecular weight excluding hydrogens is 234 g/mol. The van der Waals surface area contributed by atoms with Gasteiger partial charge >= 0.3 is 0 Å². The van der Waals surface area contributed by atoms with Gasteiger partial charge in [-0.2, -0.15) is 0 Å². The third kappa shape index (κ3) is 2.83. The number of rotatable bonds is 3. The largest absolute Gasteiger partial charge is 0.337 e. The van der Waals surface area contributed by atoms with Gasteiger partial charge in [0.25, 0.3) is 0 Å². The Balaban J connectivity index is 1.68. The Kier molecular flexibility index (Phi) is 4.16. The molecule has 19 heavy (non-hydrogen) atoms. The van der Waals surface area contributed by atoms with Crippen molar-refractivity contribution in [2.75, 3.05) is 39.3 Å². The number of piperazine rings is 1. The van der Waals surface area contributed by atoms with Crippen molar-refractivity contribution in [3.8, 4) is 0 Å². The fourth-order valence-electron chi connectivity index (χ4n) is 3.86. The van der Waals surface area contributed by atoms with Gasteiger partial charge < -0.3 is 15.1 Å². The molecule has 0 unspecified atom stereocenters. The Bertz CT molecular complexity index is 410. The summed E-state index contributed by atoms with van der Waals surface area (Å²) in [6, 6.07) is 9.82. The second kappa shape index (κ2) is 6.04. The summed E-state index contributed by atoms with van der Waals surface area (Å²) < 4.78 is 0. The fourth-order valence-corrected chi connectivity index (χ4v) is 3.86. The van der Waals surface area contributed by atoms with Gasteiger partial charge in [0.15, 0.2) is 6.04 Å². The molecule has 2 heterocycles. The zero-order valence-electron chi connectivity index (χ0n) is 12.1. The molecule has 2 aliphatic heterocycles. The van der Waals surface area contributed by atoms with Crippen molar-refractivity contribution in [2.24, 2.45) is 0 Å². The second-order valence-corrected chi connectivity index (χ2v) is 6.14. The Morgan fingerprint density at radius 3 is 2.74 bits per heavy atom. The van der Waals surface area contributed by atoms with Gasteiger partial charge in [-0.15, -0.1) is 0 Å². The molecule has 3 heteroatoms. The number of benzene rings is 1. The normalized spacial score (nSPS) is 30.9. The summed E-state index contributed by atoms with van der Waals surface area (Å²) in [7, 11) is 0. The summed E-state index contributed by atoms with van der Waals surface area (Å²) in [5.74, 6) is 0. The van der Waals surface area contributed by atoms with Crippen LogP contribution in [0.5, 0.6) is 0 Å². The molecule has 4 N–H and O–H groups in total. The molecule has 3 nitrogen and oxygen atoms in total. The molecule has 3 rings (SSSR count). The van der Waals surface area contributed by atoms with Crippen LogP contribution >= 0.6 is 0 Å². The monoisotopic (exact) mass is 262 g/mol. The van der Waals surface area contributed by atoms with Crippen molar-refractivity contribution in [1.82, 2.24) is 0 Å². The zero-order valence-corrected chi connectivity index (χ0v) is 12.1. The van der Waals surface area contributed by atoms with Crippen molar-refractivity contribution in [2.45, 2.75) is 25.9 Å². The van der Waals surface area contributed by atoms with Crippen molar-refractivity contribution >= 4 is 0 Å². The highest BCUT2D eigenvalue weighted by atomic mass is 15.3. The Labute approximate surface area is 116 Å². The van der Waals surface area contributed by atoms with Gasteiger partial charge in [0.2, 0.25) is 0 Å². The first kappa shape index (κ1) is 13.1. The number of fused-ring (bicyclic) bond motifs is 1. The van der Waals surface area contributed by atoms with Crippen molar-refractivity contribution in [3.05, 3.63) is 35.4 Å². The van der Waals surface area contributed by atoms with Crippen LogP contribution in [-0.4, -0.2) is 39.3 Å². The third-order valence-corrected chi connectivity index (χ3v) is 4.89. The van der Waals surface area contributed by atoms with Crippen LogP contribution in [0.1, 0.15) is 30.5 Å². The van der Waals surface area contributed by atoms with Crippen molar-refractivity contribution < 1.29 is 15.1 Å². The number of nitrogens with two attached hydrogens (primary N) is 1. The molecule has 1 aromatic carbocycles. The molecular formula is C16H28N3+3. The highest BCUT2D eigenvalue weighted by molar-refractivity contribution is 5.29. The van der Waals surface area contributed by atoms with Gasteiger partial charge in [-0.1, -0.05) is 31.2 Å². The van der Waals surface area contributed by atoms with Gasteiger partial charge in [-0.3, -0.25) is 0 Å². The average molecular weight is 262 g/mol. The van der Waals surface area contributed by atoms with Crippen molar-refractivity contribution in [3.63, 3.8) is 0 Å². The molecule has 1 fully saturated rings. The molecule has 1 atom stereocenters. The maximum Gasteiger partial charge on any atom is 0.163 e. The van der Waals surface area contributed by atoms with E-state index in [-0.39, 0.29) is 0 Å². The summed E-state index contributed by atoms with van der Waals surface area (Å²) >= 11 is 0. The average Bonchev–Trinajstić information content (AvgIpc) is 2.48. The Morgan fingerprint density at radius 1 is 1.16 bits per heavy atom. The van der Waals surface area contributed by atoms with Crippen LogP contribution < -0.4 is 15.1 Å². The second-order valence-electron chi connectivity index (χ2n) is 6.14. The van der Waals surface area contributed by atoms with Crippen LogP contribution in [0.4, 0.5) is 0 Å². The maximum atomic E-state index is 2.49. The smallest absolute Gasteiger partial charge is 0.163 e. The molecule has 0 aromatic heterocycles. The van der Waals surface area contributed by atoms with E-state index in [2.05, 4.69) is 36.5 Å². The predicted octanol–water partition coefficient (Wildman–Crippen LogP) is -2.00. The lowest BCUT2D eigenvalue weighted by atomic mass is 9.95. The standard InChI is InChI=1S/C16H25N3/c1-2-7-18-8-10-19(11-9-18)16-13-17-12-14-5-3-4-6-15(14)16/h3-6,16-17H,2,7-13H2,1H3/p+3/t16-/m0/s1. The molecule has 2 aliphatic rings. The van der Waals surface area contributed by atoms with Crippen LogP contribution in [0.25, 0.3) is 0 Å². The van der Waals surface area contributed by atoms with E-state index in [9.17, 15) is 0 Å².